The van der Waals surface area contributed by atoms with Gasteiger partial charge in [-0.15, -0.1) is 12.4 Å². The van der Waals surface area contributed by atoms with Crippen LogP contribution in [0.15, 0.2) is 34.9 Å². The molecular weight excluding hydrogens is 388 g/mol. The molecule has 2 aromatic rings. The standard InChI is InChI=1S/C18H23BrN4.ClH/c19-17-4-3-14(18-16(17)2-1-6-21-18)13-22-8-10-23(11-9-22)15-5-7-20-12-15;/h1-4,6,15,20H,5,7-13H2;1H. The van der Waals surface area contributed by atoms with Crippen LogP contribution in [0.5, 0.6) is 0 Å². The first-order chi connectivity index (χ1) is 11.3. The molecule has 6 heteroatoms. The third kappa shape index (κ3) is 3.75. The zero-order chi connectivity index (χ0) is 15.6. The van der Waals surface area contributed by atoms with Crippen molar-refractivity contribution < 1.29 is 0 Å². The Balaban J connectivity index is 0.00000169. The molecule has 24 heavy (non-hydrogen) atoms. The van der Waals surface area contributed by atoms with Crippen molar-refractivity contribution in [1.82, 2.24) is 20.1 Å². The number of halogens is 2. The van der Waals surface area contributed by atoms with Crippen molar-refractivity contribution in [3.63, 3.8) is 0 Å². The van der Waals surface area contributed by atoms with Gasteiger partial charge in [-0.3, -0.25) is 14.8 Å². The molecule has 2 aliphatic heterocycles. The second kappa shape index (κ2) is 8.11. The van der Waals surface area contributed by atoms with Gasteiger partial charge in [-0.2, -0.15) is 0 Å². The smallest absolute Gasteiger partial charge is 0.0758 e. The van der Waals surface area contributed by atoms with E-state index in [0.717, 1.165) is 35.7 Å². The van der Waals surface area contributed by atoms with E-state index in [1.807, 2.05) is 12.3 Å². The summed E-state index contributed by atoms with van der Waals surface area (Å²) in [7, 11) is 0. The van der Waals surface area contributed by atoms with E-state index in [0.29, 0.717) is 0 Å². The van der Waals surface area contributed by atoms with Crippen LogP contribution in [-0.2, 0) is 6.54 Å². The molecule has 1 N–H and O–H groups in total. The van der Waals surface area contributed by atoms with Crippen LogP contribution in [0.2, 0.25) is 0 Å². The van der Waals surface area contributed by atoms with Gasteiger partial charge in [-0.25, -0.2) is 0 Å². The lowest BCUT2D eigenvalue weighted by atomic mass is 10.1. The highest BCUT2D eigenvalue weighted by atomic mass is 79.9. The van der Waals surface area contributed by atoms with Crippen molar-refractivity contribution in [2.45, 2.75) is 19.0 Å². The second-order valence-corrected chi connectivity index (χ2v) is 7.42. The van der Waals surface area contributed by atoms with Gasteiger partial charge in [-0.05, 0) is 30.7 Å². The van der Waals surface area contributed by atoms with E-state index in [4.69, 9.17) is 0 Å². The Bertz CT molecular complexity index is 682. The van der Waals surface area contributed by atoms with Gasteiger partial charge < -0.3 is 5.32 Å². The summed E-state index contributed by atoms with van der Waals surface area (Å²) in [4.78, 5) is 9.84. The van der Waals surface area contributed by atoms with Crippen LogP contribution in [-0.4, -0.2) is 60.1 Å². The summed E-state index contributed by atoms with van der Waals surface area (Å²) in [6.45, 7) is 8.03. The summed E-state index contributed by atoms with van der Waals surface area (Å²) >= 11 is 3.64. The quantitative estimate of drug-likeness (QED) is 0.841. The van der Waals surface area contributed by atoms with Crippen molar-refractivity contribution >= 4 is 39.2 Å². The molecule has 2 saturated heterocycles. The molecule has 4 rings (SSSR count). The fraction of sp³-hybridized carbons (Fsp3) is 0.500. The van der Waals surface area contributed by atoms with Crippen LogP contribution >= 0.6 is 28.3 Å². The van der Waals surface area contributed by atoms with Gasteiger partial charge in [0.1, 0.15) is 0 Å². The van der Waals surface area contributed by atoms with Gasteiger partial charge in [0.15, 0.2) is 0 Å². The van der Waals surface area contributed by atoms with Crippen molar-refractivity contribution in [1.29, 1.82) is 0 Å². The monoisotopic (exact) mass is 410 g/mol. The molecule has 130 valence electrons. The molecule has 0 aliphatic carbocycles. The average Bonchev–Trinajstić information content (AvgIpc) is 3.13. The molecule has 0 saturated carbocycles. The van der Waals surface area contributed by atoms with Gasteiger partial charge in [0.05, 0.1) is 5.52 Å². The number of fused-ring (bicyclic) bond motifs is 1. The van der Waals surface area contributed by atoms with Crippen molar-refractivity contribution in [3.05, 3.63) is 40.5 Å². The number of pyridine rings is 1. The number of rotatable bonds is 3. The van der Waals surface area contributed by atoms with E-state index in [1.54, 1.807) is 0 Å². The molecule has 1 aromatic carbocycles. The maximum Gasteiger partial charge on any atom is 0.0758 e. The zero-order valence-corrected chi connectivity index (χ0v) is 16.2. The topological polar surface area (TPSA) is 31.4 Å². The minimum Gasteiger partial charge on any atom is -0.315 e. The molecule has 0 radical (unpaired) electrons. The molecule has 2 aliphatic rings. The third-order valence-electron chi connectivity index (χ3n) is 5.15. The predicted octanol–water partition coefficient (Wildman–Crippen LogP) is 2.90. The molecule has 0 bridgehead atoms. The fourth-order valence-corrected chi connectivity index (χ4v) is 4.25. The first kappa shape index (κ1) is 18.1. The van der Waals surface area contributed by atoms with E-state index in [-0.39, 0.29) is 12.4 Å². The van der Waals surface area contributed by atoms with Gasteiger partial charge in [-0.1, -0.05) is 28.1 Å². The lowest BCUT2D eigenvalue weighted by Crippen LogP contribution is -2.50. The summed E-state index contributed by atoms with van der Waals surface area (Å²) in [5.41, 5.74) is 2.46. The van der Waals surface area contributed by atoms with Crippen LogP contribution < -0.4 is 5.32 Å². The van der Waals surface area contributed by atoms with Crippen molar-refractivity contribution in [3.8, 4) is 0 Å². The number of hydrogen-bond donors (Lipinski definition) is 1. The highest BCUT2D eigenvalue weighted by molar-refractivity contribution is 9.10. The first-order valence-corrected chi connectivity index (χ1v) is 9.30. The maximum atomic E-state index is 4.61. The van der Waals surface area contributed by atoms with Gasteiger partial charge in [0.25, 0.3) is 0 Å². The van der Waals surface area contributed by atoms with Crippen LogP contribution in [0.4, 0.5) is 0 Å². The lowest BCUT2D eigenvalue weighted by molar-refractivity contribution is 0.0983. The van der Waals surface area contributed by atoms with E-state index < -0.39 is 0 Å². The van der Waals surface area contributed by atoms with E-state index >= 15 is 0 Å². The number of piperazine rings is 1. The number of hydrogen-bond acceptors (Lipinski definition) is 4. The fourth-order valence-electron chi connectivity index (χ4n) is 3.80. The Kier molecular flexibility index (Phi) is 6.11. The molecule has 2 fully saturated rings. The molecule has 1 aromatic heterocycles. The van der Waals surface area contributed by atoms with E-state index in [1.165, 1.54) is 43.5 Å². The summed E-state index contributed by atoms with van der Waals surface area (Å²) in [6.07, 6.45) is 3.20. The molecule has 1 atom stereocenters. The highest BCUT2D eigenvalue weighted by Crippen LogP contribution is 2.26. The van der Waals surface area contributed by atoms with Crippen molar-refractivity contribution in [2.24, 2.45) is 0 Å². The Morgan fingerprint density at radius 3 is 2.75 bits per heavy atom. The number of nitrogens with one attached hydrogen (secondary N) is 1. The Morgan fingerprint density at radius 2 is 2.00 bits per heavy atom. The largest absolute Gasteiger partial charge is 0.315 e. The second-order valence-electron chi connectivity index (χ2n) is 6.56. The van der Waals surface area contributed by atoms with Crippen LogP contribution in [0.25, 0.3) is 10.9 Å². The van der Waals surface area contributed by atoms with Gasteiger partial charge >= 0.3 is 0 Å². The normalized spacial score (nSPS) is 22.6. The van der Waals surface area contributed by atoms with Gasteiger partial charge in [0, 0.05) is 61.4 Å². The Hall–Kier alpha value is -0.720. The van der Waals surface area contributed by atoms with E-state index in [2.05, 4.69) is 54.2 Å². The van der Waals surface area contributed by atoms with Crippen molar-refractivity contribution in [2.75, 3.05) is 39.3 Å². The first-order valence-electron chi connectivity index (χ1n) is 8.50. The summed E-state index contributed by atoms with van der Waals surface area (Å²) in [6, 6.07) is 9.27. The maximum absolute atomic E-state index is 4.61. The molecule has 0 spiro atoms. The minimum absolute atomic E-state index is 0. The number of nitrogens with zero attached hydrogens (tertiary/aromatic N) is 3. The zero-order valence-electron chi connectivity index (χ0n) is 13.7. The van der Waals surface area contributed by atoms with Crippen LogP contribution in [0, 0.1) is 0 Å². The predicted molar refractivity (Wildman–Crippen MR) is 105 cm³/mol. The molecular formula is C18H24BrClN4. The number of aromatic nitrogens is 1. The summed E-state index contributed by atoms with van der Waals surface area (Å²) in [5.74, 6) is 0. The number of benzene rings is 1. The SMILES string of the molecule is Brc1ccc(CN2CCN(C3CCNC3)CC2)c2ncccc12.Cl. The Labute approximate surface area is 158 Å². The summed E-state index contributed by atoms with van der Waals surface area (Å²) in [5, 5.41) is 4.69. The molecule has 0 amide bonds. The van der Waals surface area contributed by atoms with E-state index in [9.17, 15) is 0 Å². The van der Waals surface area contributed by atoms with Gasteiger partial charge in [0.2, 0.25) is 0 Å². The molecule has 1 unspecified atom stereocenters. The summed E-state index contributed by atoms with van der Waals surface area (Å²) < 4.78 is 1.13. The lowest BCUT2D eigenvalue weighted by Gasteiger charge is -2.37. The van der Waals surface area contributed by atoms with Crippen LogP contribution in [0.3, 0.4) is 0 Å². The molecule has 3 heterocycles. The highest BCUT2D eigenvalue weighted by Gasteiger charge is 2.26. The minimum atomic E-state index is 0. The average molecular weight is 412 g/mol. The Morgan fingerprint density at radius 1 is 1.17 bits per heavy atom. The van der Waals surface area contributed by atoms with Crippen LogP contribution in [0.1, 0.15) is 12.0 Å². The third-order valence-corrected chi connectivity index (χ3v) is 5.84. The molecule has 4 nitrogen and oxygen atoms in total.